The summed E-state index contributed by atoms with van der Waals surface area (Å²) >= 11 is 1.69. The van der Waals surface area contributed by atoms with E-state index in [0.29, 0.717) is 5.56 Å². The van der Waals surface area contributed by atoms with Gasteiger partial charge in [0.25, 0.3) is 0 Å². The van der Waals surface area contributed by atoms with E-state index in [1.165, 1.54) is 17.0 Å². The highest BCUT2D eigenvalue weighted by atomic mass is 32.1. The van der Waals surface area contributed by atoms with Crippen molar-refractivity contribution in [1.82, 2.24) is 0 Å². The molecule has 0 aliphatic rings. The van der Waals surface area contributed by atoms with Gasteiger partial charge in [-0.3, -0.25) is 0 Å². The van der Waals surface area contributed by atoms with Crippen LogP contribution in [-0.4, -0.2) is 12.2 Å². The van der Waals surface area contributed by atoms with Crippen LogP contribution in [0.4, 0.5) is 10.1 Å². The van der Waals surface area contributed by atoms with Crippen LogP contribution in [0.2, 0.25) is 0 Å². The first-order chi connectivity index (χ1) is 8.58. The van der Waals surface area contributed by atoms with Crippen LogP contribution in [0.1, 0.15) is 23.5 Å². The lowest BCUT2D eigenvalue weighted by Gasteiger charge is -2.23. The first kappa shape index (κ1) is 13.1. The third kappa shape index (κ3) is 2.89. The van der Waals surface area contributed by atoms with Crippen molar-refractivity contribution in [3.05, 3.63) is 52.0 Å². The molecule has 0 radical (unpaired) electrons. The second-order valence-corrected chi connectivity index (χ2v) is 5.35. The molecule has 0 aliphatic carbocycles. The fourth-order valence-corrected chi connectivity index (χ4v) is 2.69. The van der Waals surface area contributed by atoms with Crippen molar-refractivity contribution in [3.63, 3.8) is 0 Å². The molecule has 4 heteroatoms. The minimum Gasteiger partial charge on any atom is -0.389 e. The number of aliphatic hydroxyl groups is 1. The molecule has 1 aromatic carbocycles. The van der Waals surface area contributed by atoms with E-state index < -0.39 is 6.10 Å². The van der Waals surface area contributed by atoms with E-state index in [0.717, 1.165) is 12.2 Å². The van der Waals surface area contributed by atoms with E-state index in [-0.39, 0.29) is 5.82 Å². The van der Waals surface area contributed by atoms with E-state index in [1.54, 1.807) is 24.3 Å². The summed E-state index contributed by atoms with van der Waals surface area (Å²) < 4.78 is 13.2. The lowest BCUT2D eigenvalue weighted by molar-refractivity contribution is 0.199. The first-order valence-corrected chi connectivity index (χ1v) is 6.67. The molecule has 18 heavy (non-hydrogen) atoms. The van der Waals surface area contributed by atoms with E-state index in [9.17, 15) is 9.50 Å². The molecule has 0 amide bonds. The predicted molar refractivity (Wildman–Crippen MR) is 73.5 cm³/mol. The minimum absolute atomic E-state index is 0.320. The van der Waals surface area contributed by atoms with Gasteiger partial charge >= 0.3 is 0 Å². The van der Waals surface area contributed by atoms with Gasteiger partial charge in [-0.25, -0.2) is 4.39 Å². The van der Waals surface area contributed by atoms with Crippen LogP contribution in [0.3, 0.4) is 0 Å². The summed E-state index contributed by atoms with van der Waals surface area (Å²) in [4.78, 5) is 3.26. The summed E-state index contributed by atoms with van der Waals surface area (Å²) in [6, 6.07) is 8.60. The van der Waals surface area contributed by atoms with Gasteiger partial charge in [-0.1, -0.05) is 6.07 Å². The molecule has 0 saturated carbocycles. The zero-order valence-corrected chi connectivity index (χ0v) is 11.2. The van der Waals surface area contributed by atoms with E-state index in [1.807, 2.05) is 23.4 Å². The molecular weight excluding hydrogens is 249 g/mol. The smallest absolute Gasteiger partial charge is 0.123 e. The number of anilines is 1. The van der Waals surface area contributed by atoms with Gasteiger partial charge in [0.05, 0.1) is 12.6 Å². The average molecular weight is 265 g/mol. The first-order valence-electron chi connectivity index (χ1n) is 5.79. The molecule has 0 spiro atoms. The Bertz CT molecular complexity index is 511. The molecule has 2 aromatic rings. The second-order valence-electron chi connectivity index (χ2n) is 4.31. The van der Waals surface area contributed by atoms with Crippen LogP contribution in [0.5, 0.6) is 0 Å². The topological polar surface area (TPSA) is 23.5 Å². The normalized spacial score (nSPS) is 12.4. The largest absolute Gasteiger partial charge is 0.389 e. The zero-order chi connectivity index (χ0) is 13.1. The molecule has 2 nitrogen and oxygen atoms in total. The monoisotopic (exact) mass is 265 g/mol. The van der Waals surface area contributed by atoms with Crippen LogP contribution in [-0.2, 0) is 6.54 Å². The molecule has 2 rings (SSSR count). The Morgan fingerprint density at radius 2 is 2.17 bits per heavy atom. The van der Waals surface area contributed by atoms with Crippen molar-refractivity contribution in [2.45, 2.75) is 19.6 Å². The maximum Gasteiger partial charge on any atom is 0.123 e. The SMILES string of the molecule is CC(O)c1cc(F)ccc1N(C)Cc1cccs1. The molecule has 0 bridgehead atoms. The summed E-state index contributed by atoms with van der Waals surface area (Å²) in [5, 5.41) is 11.7. The Kier molecular flexibility index (Phi) is 3.99. The molecule has 0 saturated heterocycles. The highest BCUT2D eigenvalue weighted by Gasteiger charge is 2.13. The van der Waals surface area contributed by atoms with Crippen LogP contribution in [0.15, 0.2) is 35.7 Å². The van der Waals surface area contributed by atoms with Crippen molar-refractivity contribution < 1.29 is 9.50 Å². The highest BCUT2D eigenvalue weighted by molar-refractivity contribution is 7.09. The molecule has 1 N–H and O–H groups in total. The molecule has 1 atom stereocenters. The van der Waals surface area contributed by atoms with Crippen molar-refractivity contribution in [1.29, 1.82) is 0 Å². The third-order valence-corrected chi connectivity index (χ3v) is 3.69. The quantitative estimate of drug-likeness (QED) is 0.913. The Morgan fingerprint density at radius 3 is 2.78 bits per heavy atom. The molecule has 1 aromatic heterocycles. The number of rotatable bonds is 4. The van der Waals surface area contributed by atoms with Crippen LogP contribution in [0, 0.1) is 5.82 Å². The lowest BCUT2D eigenvalue weighted by atomic mass is 10.1. The maximum absolute atomic E-state index is 13.2. The van der Waals surface area contributed by atoms with E-state index >= 15 is 0 Å². The summed E-state index contributed by atoms with van der Waals surface area (Å²) in [7, 11) is 1.94. The maximum atomic E-state index is 13.2. The number of nitrogens with zero attached hydrogens (tertiary/aromatic N) is 1. The van der Waals surface area contributed by atoms with Crippen LogP contribution >= 0.6 is 11.3 Å². The Balaban J connectivity index is 2.26. The standard InChI is InChI=1S/C14H16FNOS/c1-10(17)13-8-11(15)5-6-14(13)16(2)9-12-4-3-7-18-12/h3-8,10,17H,9H2,1-2H3. The molecule has 0 fully saturated rings. The van der Waals surface area contributed by atoms with Gasteiger partial charge in [-0.15, -0.1) is 11.3 Å². The molecule has 1 heterocycles. The van der Waals surface area contributed by atoms with Crippen molar-refractivity contribution in [2.75, 3.05) is 11.9 Å². The van der Waals surface area contributed by atoms with Crippen molar-refractivity contribution in [3.8, 4) is 0 Å². The molecule has 96 valence electrons. The summed E-state index contributed by atoms with van der Waals surface area (Å²) in [5.74, 6) is -0.320. The lowest BCUT2D eigenvalue weighted by Crippen LogP contribution is -2.18. The van der Waals surface area contributed by atoms with Crippen LogP contribution < -0.4 is 4.90 Å². The Hall–Kier alpha value is -1.39. The zero-order valence-electron chi connectivity index (χ0n) is 10.4. The molecule has 0 aliphatic heterocycles. The summed E-state index contributed by atoms with van der Waals surface area (Å²) in [6.07, 6.45) is -0.679. The summed E-state index contributed by atoms with van der Waals surface area (Å²) in [5.41, 5.74) is 1.48. The number of thiophene rings is 1. The van der Waals surface area contributed by atoms with Gasteiger partial charge in [0, 0.05) is 23.2 Å². The van der Waals surface area contributed by atoms with Crippen molar-refractivity contribution >= 4 is 17.0 Å². The number of hydrogen-bond acceptors (Lipinski definition) is 3. The fourth-order valence-electron chi connectivity index (χ4n) is 1.93. The highest BCUT2D eigenvalue weighted by Crippen LogP contribution is 2.28. The van der Waals surface area contributed by atoms with Gasteiger partial charge < -0.3 is 10.0 Å². The Labute approximate surface area is 110 Å². The Morgan fingerprint density at radius 1 is 1.39 bits per heavy atom. The number of aliphatic hydroxyl groups excluding tert-OH is 1. The van der Waals surface area contributed by atoms with Gasteiger partial charge in [-0.05, 0) is 36.6 Å². The number of halogens is 1. The van der Waals surface area contributed by atoms with Gasteiger partial charge in [0.1, 0.15) is 5.82 Å². The van der Waals surface area contributed by atoms with Crippen LogP contribution in [0.25, 0.3) is 0 Å². The molecule has 1 unspecified atom stereocenters. The van der Waals surface area contributed by atoms with E-state index in [4.69, 9.17) is 0 Å². The molecular formula is C14H16FNOS. The second kappa shape index (κ2) is 5.50. The van der Waals surface area contributed by atoms with Crippen molar-refractivity contribution in [2.24, 2.45) is 0 Å². The third-order valence-electron chi connectivity index (χ3n) is 2.82. The van der Waals surface area contributed by atoms with Gasteiger partial charge in [-0.2, -0.15) is 0 Å². The number of benzene rings is 1. The minimum atomic E-state index is -0.679. The summed E-state index contributed by atoms with van der Waals surface area (Å²) in [6.45, 7) is 2.40. The van der Waals surface area contributed by atoms with E-state index in [2.05, 4.69) is 6.07 Å². The fraction of sp³-hybridized carbons (Fsp3) is 0.286. The average Bonchev–Trinajstić information content (AvgIpc) is 2.81. The van der Waals surface area contributed by atoms with Gasteiger partial charge in [0.2, 0.25) is 0 Å². The van der Waals surface area contributed by atoms with Gasteiger partial charge in [0.15, 0.2) is 0 Å². The number of hydrogen-bond donors (Lipinski definition) is 1. The predicted octanol–water partition coefficient (Wildman–Crippen LogP) is 3.58.